The second-order valence-corrected chi connectivity index (χ2v) is 4.17. The van der Waals surface area contributed by atoms with Crippen LogP contribution in [0.25, 0.3) is 0 Å². The number of hydrogen-bond acceptors (Lipinski definition) is 2. The van der Waals surface area contributed by atoms with Crippen LogP contribution in [-0.2, 0) is 6.18 Å². The minimum absolute atomic E-state index is 0.286. The van der Waals surface area contributed by atoms with E-state index in [1.54, 1.807) is 6.07 Å². The van der Waals surface area contributed by atoms with Gasteiger partial charge in [0.25, 0.3) is 0 Å². The van der Waals surface area contributed by atoms with Gasteiger partial charge in [0.2, 0.25) is 0 Å². The quantitative estimate of drug-likeness (QED) is 0.824. The van der Waals surface area contributed by atoms with Gasteiger partial charge in [-0.3, -0.25) is 0 Å². The third kappa shape index (κ3) is 2.72. The Labute approximate surface area is 101 Å². The summed E-state index contributed by atoms with van der Waals surface area (Å²) < 4.78 is 38.0. The van der Waals surface area contributed by atoms with Crippen LogP contribution in [0.2, 0.25) is 5.02 Å². The molecule has 0 unspecified atom stereocenters. The molecule has 1 aliphatic rings. The van der Waals surface area contributed by atoms with Crippen molar-refractivity contribution in [2.24, 2.45) is 5.10 Å². The Morgan fingerprint density at radius 1 is 1.29 bits per heavy atom. The van der Waals surface area contributed by atoms with Gasteiger partial charge in [-0.25, -0.2) is 0 Å². The van der Waals surface area contributed by atoms with Gasteiger partial charge in [-0.15, -0.1) is 0 Å². The predicted molar refractivity (Wildman–Crippen MR) is 60.2 cm³/mol. The first-order valence-electron chi connectivity index (χ1n) is 5.15. The topological polar surface area (TPSA) is 24.4 Å². The van der Waals surface area contributed by atoms with Crippen molar-refractivity contribution < 1.29 is 13.2 Å². The van der Waals surface area contributed by atoms with E-state index < -0.39 is 11.7 Å². The third-order valence-corrected chi connectivity index (χ3v) is 2.85. The second kappa shape index (κ2) is 4.56. The summed E-state index contributed by atoms with van der Waals surface area (Å²) >= 11 is 5.54. The molecule has 1 aromatic rings. The van der Waals surface area contributed by atoms with Crippen LogP contribution in [-0.4, -0.2) is 12.3 Å². The van der Waals surface area contributed by atoms with E-state index >= 15 is 0 Å². The number of hydrazone groups is 1. The lowest BCUT2D eigenvalue weighted by molar-refractivity contribution is -0.137. The summed E-state index contributed by atoms with van der Waals surface area (Å²) in [5.41, 5.74) is 3.07. The van der Waals surface area contributed by atoms with E-state index in [4.69, 9.17) is 11.6 Å². The van der Waals surface area contributed by atoms with Crippen molar-refractivity contribution in [2.45, 2.75) is 19.0 Å². The molecular weight excluding hydrogens is 253 g/mol. The molecular formula is C11H10ClF3N2. The van der Waals surface area contributed by atoms with Crippen LogP contribution in [0.15, 0.2) is 23.3 Å². The number of nitrogens with zero attached hydrogens (tertiary/aromatic N) is 1. The molecule has 92 valence electrons. The van der Waals surface area contributed by atoms with E-state index in [0.717, 1.165) is 19.0 Å². The summed E-state index contributed by atoms with van der Waals surface area (Å²) in [5.74, 6) is 0. The number of hydrogen-bond donors (Lipinski definition) is 1. The van der Waals surface area contributed by atoms with Crippen molar-refractivity contribution in [3.05, 3.63) is 34.3 Å². The van der Waals surface area contributed by atoms with Crippen molar-refractivity contribution in [1.29, 1.82) is 0 Å². The summed E-state index contributed by atoms with van der Waals surface area (Å²) in [6.07, 6.45) is -2.90. The molecule has 1 heterocycles. The van der Waals surface area contributed by atoms with Gasteiger partial charge in [0.1, 0.15) is 0 Å². The van der Waals surface area contributed by atoms with Gasteiger partial charge < -0.3 is 5.43 Å². The molecule has 0 atom stereocenters. The van der Waals surface area contributed by atoms with E-state index in [-0.39, 0.29) is 5.02 Å². The molecule has 0 bridgehead atoms. The predicted octanol–water partition coefficient (Wildman–Crippen LogP) is 3.45. The highest BCUT2D eigenvalue weighted by Crippen LogP contribution is 2.35. The van der Waals surface area contributed by atoms with Gasteiger partial charge in [0.15, 0.2) is 0 Å². The van der Waals surface area contributed by atoms with E-state index in [1.807, 2.05) is 0 Å². The molecule has 0 aromatic heterocycles. The second-order valence-electron chi connectivity index (χ2n) is 3.76. The standard InChI is InChI=1S/C11H10ClF3N2/c12-9-4-3-7(6-8(9)11(13,14)15)10-2-1-5-16-17-10/h3-4,6,16H,1-2,5H2. The fourth-order valence-electron chi connectivity index (χ4n) is 1.67. The fourth-order valence-corrected chi connectivity index (χ4v) is 1.90. The number of halogens is 4. The smallest absolute Gasteiger partial charge is 0.310 e. The van der Waals surface area contributed by atoms with Gasteiger partial charge in [-0.1, -0.05) is 17.7 Å². The van der Waals surface area contributed by atoms with Gasteiger partial charge in [0, 0.05) is 6.54 Å². The van der Waals surface area contributed by atoms with Crippen LogP contribution in [0.3, 0.4) is 0 Å². The number of alkyl halides is 3. The molecule has 2 rings (SSSR count). The zero-order valence-electron chi connectivity index (χ0n) is 8.81. The van der Waals surface area contributed by atoms with Crippen molar-refractivity contribution in [2.75, 3.05) is 6.54 Å². The highest BCUT2D eigenvalue weighted by atomic mass is 35.5. The average Bonchev–Trinajstić information content (AvgIpc) is 2.29. The lowest BCUT2D eigenvalue weighted by Gasteiger charge is -2.15. The minimum atomic E-state index is -4.43. The van der Waals surface area contributed by atoms with E-state index in [9.17, 15) is 13.2 Å². The molecule has 0 amide bonds. The first-order valence-corrected chi connectivity index (χ1v) is 5.53. The number of rotatable bonds is 1. The molecule has 0 fully saturated rings. The summed E-state index contributed by atoms with van der Waals surface area (Å²) in [6.45, 7) is 0.753. The first kappa shape index (κ1) is 12.2. The summed E-state index contributed by atoms with van der Waals surface area (Å²) in [7, 11) is 0. The Kier molecular flexibility index (Phi) is 3.28. The largest absolute Gasteiger partial charge is 0.417 e. The van der Waals surface area contributed by atoms with Gasteiger partial charge in [-0.05, 0) is 30.5 Å². The maximum absolute atomic E-state index is 12.7. The normalized spacial score (nSPS) is 16.4. The lowest BCUT2D eigenvalue weighted by Crippen LogP contribution is -2.20. The van der Waals surface area contributed by atoms with E-state index in [2.05, 4.69) is 10.5 Å². The summed E-state index contributed by atoms with van der Waals surface area (Å²) in [5, 5.41) is 3.72. The monoisotopic (exact) mass is 262 g/mol. The van der Waals surface area contributed by atoms with Crippen LogP contribution >= 0.6 is 11.6 Å². The molecule has 0 aliphatic carbocycles. The van der Waals surface area contributed by atoms with Crippen LogP contribution in [0, 0.1) is 0 Å². The minimum Gasteiger partial charge on any atom is -0.310 e. The Morgan fingerprint density at radius 3 is 2.65 bits per heavy atom. The molecule has 2 nitrogen and oxygen atoms in total. The maximum Gasteiger partial charge on any atom is 0.417 e. The SMILES string of the molecule is FC(F)(F)c1cc(C2=NNCCC2)ccc1Cl. The van der Waals surface area contributed by atoms with Gasteiger partial charge in [-0.2, -0.15) is 18.3 Å². The van der Waals surface area contributed by atoms with Crippen molar-refractivity contribution in [3.63, 3.8) is 0 Å². The van der Waals surface area contributed by atoms with Crippen molar-refractivity contribution >= 4 is 17.3 Å². The number of nitrogens with one attached hydrogen (secondary N) is 1. The Balaban J connectivity index is 2.40. The van der Waals surface area contributed by atoms with Crippen molar-refractivity contribution in [1.82, 2.24) is 5.43 Å². The molecule has 1 N–H and O–H groups in total. The molecule has 6 heteroatoms. The van der Waals surface area contributed by atoms with Gasteiger partial charge >= 0.3 is 6.18 Å². The third-order valence-electron chi connectivity index (χ3n) is 2.52. The van der Waals surface area contributed by atoms with Crippen LogP contribution in [0.5, 0.6) is 0 Å². The maximum atomic E-state index is 12.7. The van der Waals surface area contributed by atoms with E-state index in [1.165, 1.54) is 6.07 Å². The first-order chi connectivity index (χ1) is 7.98. The fraction of sp³-hybridized carbons (Fsp3) is 0.364. The zero-order valence-corrected chi connectivity index (χ0v) is 9.57. The lowest BCUT2D eigenvalue weighted by atomic mass is 10.0. The molecule has 0 saturated carbocycles. The molecule has 0 saturated heterocycles. The van der Waals surface area contributed by atoms with Crippen LogP contribution in [0.4, 0.5) is 13.2 Å². The average molecular weight is 263 g/mol. The van der Waals surface area contributed by atoms with Crippen LogP contribution < -0.4 is 5.43 Å². The summed E-state index contributed by atoms with van der Waals surface area (Å²) in [4.78, 5) is 0. The summed E-state index contributed by atoms with van der Waals surface area (Å²) in [6, 6.07) is 3.87. The Bertz CT molecular complexity index is 455. The Hall–Kier alpha value is -1.23. The Morgan fingerprint density at radius 2 is 2.06 bits per heavy atom. The molecule has 17 heavy (non-hydrogen) atoms. The van der Waals surface area contributed by atoms with E-state index in [0.29, 0.717) is 17.7 Å². The van der Waals surface area contributed by atoms with Gasteiger partial charge in [0.05, 0.1) is 16.3 Å². The highest BCUT2D eigenvalue weighted by Gasteiger charge is 2.33. The molecule has 1 aromatic carbocycles. The molecule has 1 aliphatic heterocycles. The number of benzene rings is 1. The molecule has 0 spiro atoms. The van der Waals surface area contributed by atoms with Crippen LogP contribution in [0.1, 0.15) is 24.0 Å². The molecule has 0 radical (unpaired) electrons. The zero-order chi connectivity index (χ0) is 12.5. The van der Waals surface area contributed by atoms with Crippen molar-refractivity contribution in [3.8, 4) is 0 Å². The highest BCUT2D eigenvalue weighted by molar-refractivity contribution is 6.31.